The van der Waals surface area contributed by atoms with E-state index < -0.39 is 22.2 Å². The molecule has 7 nitrogen and oxygen atoms in total. The number of allylic oxidation sites excluding steroid dienone is 2. The molecular weight excluding hydrogens is 683 g/mol. The second-order valence-corrected chi connectivity index (χ2v) is 19.4. The van der Waals surface area contributed by atoms with Gasteiger partial charge in [-0.3, -0.25) is 14.6 Å². The molecule has 6 fully saturated rings. The van der Waals surface area contributed by atoms with Crippen LogP contribution in [0, 0.1) is 51.8 Å². The zero-order chi connectivity index (χ0) is 38.4. The van der Waals surface area contributed by atoms with Gasteiger partial charge in [-0.15, -0.1) is 0 Å². The van der Waals surface area contributed by atoms with E-state index in [1.54, 1.807) is 0 Å². The lowest BCUT2D eigenvalue weighted by Crippen LogP contribution is -2.65. The van der Waals surface area contributed by atoms with Crippen molar-refractivity contribution in [3.05, 3.63) is 59.7 Å². The Morgan fingerprint density at radius 3 is 2.42 bits per heavy atom. The summed E-state index contributed by atoms with van der Waals surface area (Å²) in [4.78, 5) is 36.0. The number of aryl methyl sites for hydroxylation is 1. The summed E-state index contributed by atoms with van der Waals surface area (Å²) in [5, 5.41) is 11.7. The van der Waals surface area contributed by atoms with Crippen LogP contribution < -0.4 is 0 Å². The molecule has 1 aromatic rings. The van der Waals surface area contributed by atoms with E-state index in [2.05, 4.69) is 78.5 Å². The second-order valence-electron chi connectivity index (χ2n) is 19.4. The Hall–Kier alpha value is -2.32. The van der Waals surface area contributed by atoms with Gasteiger partial charge in [0.2, 0.25) is 0 Å². The summed E-state index contributed by atoms with van der Waals surface area (Å²) in [5.41, 5.74) is 1.02. The van der Waals surface area contributed by atoms with E-state index in [0.29, 0.717) is 18.3 Å². The van der Waals surface area contributed by atoms with Crippen molar-refractivity contribution in [1.82, 2.24) is 14.7 Å². The average molecular weight is 754 g/mol. The number of carbonyl (C=O) groups excluding carboxylic acids is 1. The Kier molecular flexibility index (Phi) is 11.6. The number of nitrogens with zero attached hydrogens (tertiary/aromatic N) is 3. The van der Waals surface area contributed by atoms with Gasteiger partial charge in [0.05, 0.1) is 17.6 Å². The van der Waals surface area contributed by atoms with E-state index in [1.807, 2.05) is 0 Å². The predicted octanol–water partition coefficient (Wildman–Crippen LogP) is 8.15. The maximum atomic E-state index is 14.3. The molecule has 8 rings (SSSR count). The molecule has 4 bridgehead atoms. The number of aliphatic carboxylic acids is 1. The van der Waals surface area contributed by atoms with Gasteiger partial charge in [-0.1, -0.05) is 107 Å². The Bertz CT molecular complexity index is 1560. The molecule has 7 heteroatoms. The number of carboxylic acids is 1. The van der Waals surface area contributed by atoms with Gasteiger partial charge in [0.25, 0.3) is 0 Å². The number of aldehydes is 1. The second kappa shape index (κ2) is 16.1. The van der Waals surface area contributed by atoms with Gasteiger partial charge in [0.15, 0.2) is 0 Å². The molecule has 9 atom stereocenters. The molecule has 2 aliphatic heterocycles. The van der Waals surface area contributed by atoms with E-state index in [1.165, 1.54) is 69.0 Å². The normalized spacial score (nSPS) is 37.9. The molecule has 1 N–H and O–H groups in total. The van der Waals surface area contributed by atoms with E-state index in [-0.39, 0.29) is 35.9 Å². The first kappa shape index (κ1) is 39.5. The molecular formula is C48H71N3O4. The van der Waals surface area contributed by atoms with E-state index in [4.69, 9.17) is 4.74 Å². The zero-order valence-corrected chi connectivity index (χ0v) is 34.4. The van der Waals surface area contributed by atoms with Crippen molar-refractivity contribution in [3.63, 3.8) is 0 Å². The predicted molar refractivity (Wildman–Crippen MR) is 220 cm³/mol. The minimum atomic E-state index is -1.20. The Labute approximate surface area is 332 Å². The first-order valence-electron chi connectivity index (χ1n) is 22.6. The first-order chi connectivity index (χ1) is 26.7. The molecule has 0 amide bonds. The highest BCUT2D eigenvalue weighted by Gasteiger charge is 2.86. The number of likely N-dealkylation sites (N-methyl/N-ethyl adjacent to an activating group) is 1. The van der Waals surface area contributed by atoms with Gasteiger partial charge in [-0.2, -0.15) is 0 Å². The standard InChI is InChI=1S/C48H71N3O4/c1-5-49(22-23-51-26-24-50(25-27-51)21-13-12-16-36-14-8-6-9-15-36)32-43-39(37-17-10-7-11-18-37)29-44(55-43)47-31-40-35(4)19-20-41(40)46(33-52)30-38(47)28-42(34(2)3)48(46,47)45(53)54/h6,8-9,14-15,28,33-34,37-41,43-44H,4-5,7,10-13,16-27,29-32H2,1-3H3,(H,53,54)/t38?,39?,40-,41-,43+,44-,46?,47?,48+/m1/s1. The minimum Gasteiger partial charge on any atom is -0.481 e. The lowest BCUT2D eigenvalue weighted by Gasteiger charge is -2.59. The summed E-state index contributed by atoms with van der Waals surface area (Å²) in [7, 11) is 0. The highest BCUT2D eigenvalue weighted by molar-refractivity contribution is 5.90. The maximum absolute atomic E-state index is 14.3. The summed E-state index contributed by atoms with van der Waals surface area (Å²) in [5.74, 6) is 0.709. The van der Waals surface area contributed by atoms with Crippen molar-refractivity contribution >= 4 is 12.3 Å². The number of unbranched alkanes of at least 4 members (excludes halogenated alkanes) is 1. The van der Waals surface area contributed by atoms with Crippen LogP contribution in [0.2, 0.25) is 0 Å². The van der Waals surface area contributed by atoms with Crippen LogP contribution in [0.15, 0.2) is 54.1 Å². The van der Waals surface area contributed by atoms with Crippen LogP contribution in [0.3, 0.4) is 0 Å². The minimum absolute atomic E-state index is 0.0603. The number of ether oxygens (including phenoxy) is 1. The van der Waals surface area contributed by atoms with E-state index >= 15 is 0 Å². The Balaban J connectivity index is 0.965. The third-order valence-corrected chi connectivity index (χ3v) is 16.8. The highest BCUT2D eigenvalue weighted by atomic mass is 16.5. The SMILES string of the molecule is C=C1CC[C@@H]2[C@@H]1CC1([C@H]3CC(C4CCCCC4)[C@H](CN(CC)CCN4CCN(CCCCc5ccccc5)CC4)O3)C3C=C(C(C)C)[C@]1(C(=O)O)C2(C=O)C3. The molecule has 4 unspecified atom stereocenters. The average Bonchev–Trinajstić information content (AvgIpc) is 3.93. The smallest absolute Gasteiger partial charge is 0.315 e. The molecule has 302 valence electrons. The van der Waals surface area contributed by atoms with E-state index in [0.717, 1.165) is 89.9 Å². The van der Waals surface area contributed by atoms with Crippen LogP contribution in [0.4, 0.5) is 0 Å². The lowest BCUT2D eigenvalue weighted by molar-refractivity contribution is -0.194. The van der Waals surface area contributed by atoms with Crippen LogP contribution >= 0.6 is 0 Å². The molecule has 0 radical (unpaired) electrons. The summed E-state index contributed by atoms with van der Waals surface area (Å²) >= 11 is 0. The molecule has 2 heterocycles. The molecule has 4 saturated carbocycles. The maximum Gasteiger partial charge on any atom is 0.315 e. The number of fused-ring (bicyclic) bond motifs is 2. The molecule has 0 aromatic heterocycles. The van der Waals surface area contributed by atoms with Crippen molar-refractivity contribution in [2.45, 2.75) is 116 Å². The molecule has 55 heavy (non-hydrogen) atoms. The Morgan fingerprint density at radius 1 is 1.02 bits per heavy atom. The molecule has 5 aliphatic carbocycles. The number of hydrogen-bond donors (Lipinski definition) is 1. The van der Waals surface area contributed by atoms with Gasteiger partial charge in [-0.05, 0) is 106 Å². The first-order valence-corrected chi connectivity index (χ1v) is 22.6. The van der Waals surface area contributed by atoms with Gasteiger partial charge < -0.3 is 19.5 Å². The van der Waals surface area contributed by atoms with Crippen molar-refractivity contribution in [3.8, 4) is 0 Å². The lowest BCUT2D eigenvalue weighted by atomic mass is 9.41. The van der Waals surface area contributed by atoms with Crippen molar-refractivity contribution in [1.29, 1.82) is 0 Å². The largest absolute Gasteiger partial charge is 0.481 e. The van der Waals surface area contributed by atoms with E-state index in [9.17, 15) is 14.7 Å². The monoisotopic (exact) mass is 754 g/mol. The number of carboxylic acid groups (broad SMARTS) is 1. The van der Waals surface area contributed by atoms with Crippen molar-refractivity contribution in [2.75, 3.05) is 58.9 Å². The fourth-order valence-corrected chi connectivity index (χ4v) is 14.3. The third-order valence-electron chi connectivity index (χ3n) is 16.8. The van der Waals surface area contributed by atoms with Gasteiger partial charge >= 0.3 is 5.97 Å². The van der Waals surface area contributed by atoms with Crippen LogP contribution in [0.25, 0.3) is 0 Å². The fraction of sp³-hybridized carbons (Fsp3) is 0.750. The number of hydrogen-bond acceptors (Lipinski definition) is 6. The van der Waals surface area contributed by atoms with Crippen LogP contribution in [-0.4, -0.2) is 103 Å². The molecule has 7 aliphatic rings. The number of carbonyl (C=O) groups is 2. The highest BCUT2D eigenvalue weighted by Crippen LogP contribution is 2.84. The quantitative estimate of drug-likeness (QED) is 0.104. The van der Waals surface area contributed by atoms with Crippen LogP contribution in [-0.2, 0) is 20.7 Å². The van der Waals surface area contributed by atoms with Gasteiger partial charge in [0, 0.05) is 51.2 Å². The topological polar surface area (TPSA) is 73.3 Å². The summed E-state index contributed by atoms with van der Waals surface area (Å²) in [6.07, 6.45) is 17.8. The summed E-state index contributed by atoms with van der Waals surface area (Å²) < 4.78 is 7.55. The van der Waals surface area contributed by atoms with Crippen molar-refractivity contribution < 1.29 is 19.4 Å². The zero-order valence-electron chi connectivity index (χ0n) is 34.4. The number of piperazine rings is 1. The van der Waals surface area contributed by atoms with Crippen LogP contribution in [0.5, 0.6) is 0 Å². The molecule has 2 saturated heterocycles. The molecule has 0 spiro atoms. The Morgan fingerprint density at radius 2 is 1.75 bits per heavy atom. The summed E-state index contributed by atoms with van der Waals surface area (Å²) in [6, 6.07) is 10.9. The van der Waals surface area contributed by atoms with Crippen molar-refractivity contribution in [2.24, 2.45) is 51.8 Å². The third kappa shape index (κ3) is 6.54. The van der Waals surface area contributed by atoms with Crippen LogP contribution in [0.1, 0.15) is 103 Å². The number of rotatable bonds is 16. The summed E-state index contributed by atoms with van der Waals surface area (Å²) in [6.45, 7) is 21.0. The van der Waals surface area contributed by atoms with Gasteiger partial charge in [0.1, 0.15) is 11.7 Å². The fourth-order valence-electron chi connectivity index (χ4n) is 14.3. The number of benzene rings is 1. The van der Waals surface area contributed by atoms with Gasteiger partial charge in [-0.25, -0.2) is 0 Å². The molecule has 1 aromatic carbocycles.